The fourth-order valence-corrected chi connectivity index (χ4v) is 3.48. The summed E-state index contributed by atoms with van der Waals surface area (Å²) in [6.45, 7) is 5.88. The van der Waals surface area contributed by atoms with Crippen LogP contribution in [0.15, 0.2) is 42.6 Å². The van der Waals surface area contributed by atoms with E-state index in [4.69, 9.17) is 0 Å². The standard InChI is InChI=1S/C21H29N3OS/c1-21(2,15-24(3)4)14-23-20(25)18-9-7-17(8-10-18)19-11-6-16(12-22-19)13-26-5/h6-12H,13-15H2,1-5H3,(H,23,25). The van der Waals surface area contributed by atoms with Crippen molar-refractivity contribution < 1.29 is 4.79 Å². The van der Waals surface area contributed by atoms with Crippen molar-refractivity contribution in [3.8, 4) is 11.3 Å². The molecule has 0 unspecified atom stereocenters. The molecule has 0 aliphatic rings. The number of thioether (sulfide) groups is 1. The highest BCUT2D eigenvalue weighted by Crippen LogP contribution is 2.19. The number of pyridine rings is 1. The minimum Gasteiger partial charge on any atom is -0.351 e. The van der Waals surface area contributed by atoms with E-state index in [1.807, 2.05) is 50.6 Å². The molecule has 0 saturated heterocycles. The van der Waals surface area contributed by atoms with E-state index in [9.17, 15) is 4.79 Å². The van der Waals surface area contributed by atoms with Crippen LogP contribution in [-0.4, -0.2) is 49.2 Å². The first-order chi connectivity index (χ1) is 12.3. The Labute approximate surface area is 161 Å². The monoisotopic (exact) mass is 371 g/mol. The number of nitrogens with zero attached hydrogens (tertiary/aromatic N) is 2. The highest BCUT2D eigenvalue weighted by molar-refractivity contribution is 7.97. The SMILES string of the molecule is CSCc1ccc(-c2ccc(C(=O)NCC(C)(C)CN(C)C)cc2)nc1. The molecule has 1 N–H and O–H groups in total. The summed E-state index contributed by atoms with van der Waals surface area (Å²) in [5.41, 5.74) is 3.87. The number of hydrogen-bond acceptors (Lipinski definition) is 4. The average Bonchev–Trinajstić information content (AvgIpc) is 2.60. The van der Waals surface area contributed by atoms with Gasteiger partial charge in [0.05, 0.1) is 5.69 Å². The van der Waals surface area contributed by atoms with Crippen LogP contribution in [0.25, 0.3) is 11.3 Å². The van der Waals surface area contributed by atoms with E-state index in [0.29, 0.717) is 12.1 Å². The summed E-state index contributed by atoms with van der Waals surface area (Å²) in [7, 11) is 4.09. The molecule has 0 aliphatic carbocycles. The maximum atomic E-state index is 12.4. The fraction of sp³-hybridized carbons (Fsp3) is 0.429. The van der Waals surface area contributed by atoms with Gasteiger partial charge < -0.3 is 10.2 Å². The number of benzene rings is 1. The van der Waals surface area contributed by atoms with E-state index in [1.54, 1.807) is 11.8 Å². The molecule has 0 atom stereocenters. The second-order valence-corrected chi connectivity index (χ2v) is 8.51. The zero-order valence-electron chi connectivity index (χ0n) is 16.4. The van der Waals surface area contributed by atoms with Crippen molar-refractivity contribution in [3.63, 3.8) is 0 Å². The van der Waals surface area contributed by atoms with Crippen LogP contribution in [0.4, 0.5) is 0 Å². The minimum atomic E-state index is -0.0355. The lowest BCUT2D eigenvalue weighted by Crippen LogP contribution is -2.39. The molecule has 0 saturated carbocycles. The number of nitrogens with one attached hydrogen (secondary N) is 1. The van der Waals surface area contributed by atoms with E-state index in [0.717, 1.165) is 23.6 Å². The molecule has 0 aliphatic heterocycles. The van der Waals surface area contributed by atoms with Gasteiger partial charge in [0.25, 0.3) is 5.91 Å². The molecule has 1 aromatic heterocycles. The minimum absolute atomic E-state index is 0.0293. The van der Waals surface area contributed by atoms with E-state index < -0.39 is 0 Å². The summed E-state index contributed by atoms with van der Waals surface area (Å²) in [4.78, 5) is 19.1. The van der Waals surface area contributed by atoms with E-state index in [2.05, 4.69) is 41.4 Å². The number of carbonyl (C=O) groups excluding carboxylic acids is 1. The quantitative estimate of drug-likeness (QED) is 0.764. The van der Waals surface area contributed by atoms with E-state index in [1.165, 1.54) is 5.56 Å². The van der Waals surface area contributed by atoms with Gasteiger partial charge in [0, 0.05) is 36.2 Å². The summed E-state index contributed by atoms with van der Waals surface area (Å²) in [5, 5.41) is 3.04. The molecule has 4 nitrogen and oxygen atoms in total. The zero-order valence-corrected chi connectivity index (χ0v) is 17.2. The Morgan fingerprint density at radius 2 is 1.85 bits per heavy atom. The van der Waals surface area contributed by atoms with Gasteiger partial charge in [-0.05, 0) is 49.5 Å². The van der Waals surface area contributed by atoms with Crippen LogP contribution in [0.1, 0.15) is 29.8 Å². The van der Waals surface area contributed by atoms with Crippen LogP contribution in [0.3, 0.4) is 0 Å². The van der Waals surface area contributed by atoms with Crippen LogP contribution in [0.2, 0.25) is 0 Å². The third-order valence-electron chi connectivity index (χ3n) is 4.05. The predicted molar refractivity (Wildman–Crippen MR) is 112 cm³/mol. The Morgan fingerprint density at radius 1 is 1.15 bits per heavy atom. The predicted octanol–water partition coefficient (Wildman–Crippen LogP) is 3.93. The molecular weight excluding hydrogens is 342 g/mol. The Balaban J connectivity index is 1.99. The normalized spacial score (nSPS) is 11.6. The first-order valence-corrected chi connectivity index (χ1v) is 10.2. The Kier molecular flexibility index (Phi) is 7.23. The summed E-state index contributed by atoms with van der Waals surface area (Å²) in [5.74, 6) is 0.933. The molecule has 1 aromatic carbocycles. The van der Waals surface area contributed by atoms with Crippen LogP contribution >= 0.6 is 11.8 Å². The second-order valence-electron chi connectivity index (χ2n) is 7.65. The van der Waals surface area contributed by atoms with E-state index >= 15 is 0 Å². The zero-order chi connectivity index (χ0) is 19.2. The largest absolute Gasteiger partial charge is 0.351 e. The van der Waals surface area contributed by atoms with Crippen molar-refractivity contribution in [2.45, 2.75) is 19.6 Å². The molecule has 140 valence electrons. The lowest BCUT2D eigenvalue weighted by molar-refractivity contribution is 0.0929. The molecule has 2 aromatic rings. The van der Waals surface area contributed by atoms with E-state index in [-0.39, 0.29) is 11.3 Å². The van der Waals surface area contributed by atoms with Gasteiger partial charge in [-0.1, -0.05) is 32.0 Å². The Bertz CT molecular complexity index is 709. The van der Waals surface area contributed by atoms with Crippen molar-refractivity contribution in [2.75, 3.05) is 33.4 Å². The van der Waals surface area contributed by atoms with Crippen LogP contribution < -0.4 is 5.32 Å². The third-order valence-corrected chi connectivity index (χ3v) is 4.67. The van der Waals surface area contributed by atoms with Crippen molar-refractivity contribution in [1.29, 1.82) is 0 Å². The average molecular weight is 372 g/mol. The summed E-state index contributed by atoms with van der Waals surface area (Å²) >= 11 is 1.78. The summed E-state index contributed by atoms with van der Waals surface area (Å²) < 4.78 is 0. The number of amides is 1. The highest BCUT2D eigenvalue weighted by Gasteiger charge is 2.20. The number of hydrogen-bond donors (Lipinski definition) is 1. The van der Waals surface area contributed by atoms with Crippen molar-refractivity contribution in [1.82, 2.24) is 15.2 Å². The van der Waals surface area contributed by atoms with Crippen LogP contribution in [0, 0.1) is 5.41 Å². The fourth-order valence-electron chi connectivity index (χ4n) is 2.97. The van der Waals surface area contributed by atoms with Crippen molar-refractivity contribution >= 4 is 17.7 Å². The first kappa shape index (κ1) is 20.5. The van der Waals surface area contributed by atoms with Gasteiger partial charge in [-0.15, -0.1) is 0 Å². The van der Waals surface area contributed by atoms with Crippen LogP contribution in [0.5, 0.6) is 0 Å². The number of aromatic nitrogens is 1. The lowest BCUT2D eigenvalue weighted by atomic mass is 9.93. The van der Waals surface area contributed by atoms with Gasteiger partial charge in [-0.3, -0.25) is 9.78 Å². The molecule has 2 rings (SSSR count). The van der Waals surface area contributed by atoms with Crippen LogP contribution in [-0.2, 0) is 5.75 Å². The van der Waals surface area contributed by atoms with Crippen molar-refractivity contribution in [2.24, 2.45) is 5.41 Å². The number of rotatable bonds is 8. The summed E-state index contributed by atoms with van der Waals surface area (Å²) in [6, 6.07) is 11.8. The van der Waals surface area contributed by atoms with Gasteiger partial charge in [0.15, 0.2) is 0 Å². The molecule has 5 heteroatoms. The molecule has 0 bridgehead atoms. The third kappa shape index (κ3) is 6.15. The lowest BCUT2D eigenvalue weighted by Gasteiger charge is -2.28. The van der Waals surface area contributed by atoms with Crippen molar-refractivity contribution in [3.05, 3.63) is 53.7 Å². The highest BCUT2D eigenvalue weighted by atomic mass is 32.2. The Morgan fingerprint density at radius 3 is 2.38 bits per heavy atom. The molecular formula is C21H29N3OS. The molecule has 1 heterocycles. The smallest absolute Gasteiger partial charge is 0.251 e. The van der Waals surface area contributed by atoms with Gasteiger partial charge in [0.1, 0.15) is 0 Å². The van der Waals surface area contributed by atoms with Gasteiger partial charge in [-0.2, -0.15) is 11.8 Å². The molecule has 1 amide bonds. The van der Waals surface area contributed by atoms with Gasteiger partial charge in [0.2, 0.25) is 0 Å². The first-order valence-electron chi connectivity index (χ1n) is 8.78. The van der Waals surface area contributed by atoms with Gasteiger partial charge >= 0.3 is 0 Å². The second kappa shape index (κ2) is 9.19. The molecule has 0 spiro atoms. The maximum absolute atomic E-state index is 12.4. The maximum Gasteiger partial charge on any atom is 0.251 e. The van der Waals surface area contributed by atoms with Gasteiger partial charge in [-0.25, -0.2) is 0 Å². The topological polar surface area (TPSA) is 45.2 Å². The molecule has 0 fully saturated rings. The molecule has 0 radical (unpaired) electrons. The molecule has 26 heavy (non-hydrogen) atoms. The number of carbonyl (C=O) groups is 1. The Hall–Kier alpha value is -1.85. The summed E-state index contributed by atoms with van der Waals surface area (Å²) in [6.07, 6.45) is 4.00.